The molecule has 2 fully saturated rings. The molecule has 4 atom stereocenters. The van der Waals surface area contributed by atoms with E-state index in [9.17, 15) is 4.79 Å². The smallest absolute Gasteiger partial charge is 0.410 e. The Hall–Kier alpha value is -1.59. The van der Waals surface area contributed by atoms with E-state index in [-0.39, 0.29) is 35.8 Å². The molecule has 5 nitrogen and oxygen atoms in total. The zero-order chi connectivity index (χ0) is 19.4. The van der Waals surface area contributed by atoms with Gasteiger partial charge in [-0.2, -0.15) is 0 Å². The maximum Gasteiger partial charge on any atom is 0.410 e. The summed E-state index contributed by atoms with van der Waals surface area (Å²) in [5, 5.41) is 3.67. The van der Waals surface area contributed by atoms with Crippen LogP contribution in [0.3, 0.4) is 0 Å². The van der Waals surface area contributed by atoms with Gasteiger partial charge in [0.2, 0.25) is 0 Å². The summed E-state index contributed by atoms with van der Waals surface area (Å²) < 4.78 is 12.1. The monoisotopic (exact) mass is 374 g/mol. The van der Waals surface area contributed by atoms with Crippen LogP contribution in [0.2, 0.25) is 0 Å². The van der Waals surface area contributed by atoms with Crippen LogP contribution < -0.4 is 5.32 Å². The van der Waals surface area contributed by atoms with Gasteiger partial charge in [0, 0.05) is 12.6 Å². The number of rotatable bonds is 5. The predicted octanol–water partition coefficient (Wildman–Crippen LogP) is 3.97. The van der Waals surface area contributed by atoms with E-state index in [1.54, 1.807) is 0 Å². The lowest BCUT2D eigenvalue weighted by Crippen LogP contribution is -2.70. The fraction of sp³-hybridized carbons (Fsp3) is 0.682. The Morgan fingerprint density at radius 2 is 2.04 bits per heavy atom. The van der Waals surface area contributed by atoms with Crippen molar-refractivity contribution >= 4 is 6.09 Å². The van der Waals surface area contributed by atoms with E-state index in [2.05, 4.69) is 33.0 Å². The Balaban J connectivity index is 1.75. The number of hydrogen-bond acceptors (Lipinski definition) is 4. The van der Waals surface area contributed by atoms with Crippen molar-refractivity contribution < 1.29 is 14.3 Å². The van der Waals surface area contributed by atoms with Crippen LogP contribution in [0.15, 0.2) is 30.3 Å². The number of carbonyl (C=O) groups excluding carboxylic acids is 1. The van der Waals surface area contributed by atoms with Crippen LogP contribution in [-0.2, 0) is 16.1 Å². The Bertz CT molecular complexity index is 612. The zero-order valence-electron chi connectivity index (χ0n) is 17.1. The van der Waals surface area contributed by atoms with Crippen molar-refractivity contribution in [2.24, 2.45) is 5.41 Å². The van der Waals surface area contributed by atoms with E-state index in [0.29, 0.717) is 13.2 Å². The molecule has 1 aromatic rings. The third kappa shape index (κ3) is 4.82. The number of carbonyl (C=O) groups is 1. The summed E-state index contributed by atoms with van der Waals surface area (Å²) in [7, 11) is 0. The number of nitrogens with zero attached hydrogens (tertiary/aromatic N) is 1. The zero-order valence-corrected chi connectivity index (χ0v) is 17.1. The van der Waals surface area contributed by atoms with Crippen molar-refractivity contribution in [2.75, 3.05) is 13.1 Å². The summed E-state index contributed by atoms with van der Waals surface area (Å²) in [6.07, 6.45) is 3.22. The van der Waals surface area contributed by atoms with Gasteiger partial charge in [-0.3, -0.25) is 4.90 Å². The maximum absolute atomic E-state index is 13.0. The number of nitrogens with one attached hydrogen (secondary N) is 1. The summed E-state index contributed by atoms with van der Waals surface area (Å²) in [6, 6.07) is 10.1. The molecular weight excluding hydrogens is 340 g/mol. The van der Waals surface area contributed by atoms with Crippen molar-refractivity contribution in [3.63, 3.8) is 0 Å². The molecule has 0 aliphatic carbocycles. The third-order valence-corrected chi connectivity index (χ3v) is 5.60. The molecule has 3 rings (SSSR count). The summed E-state index contributed by atoms with van der Waals surface area (Å²) in [4.78, 5) is 14.9. The Labute approximate surface area is 163 Å². The largest absolute Gasteiger partial charge is 0.445 e. The van der Waals surface area contributed by atoms with Gasteiger partial charge in [-0.05, 0) is 17.4 Å². The van der Waals surface area contributed by atoms with E-state index in [1.807, 2.05) is 35.2 Å². The summed E-state index contributed by atoms with van der Waals surface area (Å²) in [5.74, 6) is 0. The molecule has 1 N–H and O–H groups in total. The molecule has 150 valence electrons. The highest BCUT2D eigenvalue weighted by Crippen LogP contribution is 2.37. The quantitative estimate of drug-likeness (QED) is 0.847. The second-order valence-electron chi connectivity index (χ2n) is 8.88. The Morgan fingerprint density at radius 3 is 2.70 bits per heavy atom. The van der Waals surface area contributed by atoms with Crippen LogP contribution in [-0.4, -0.2) is 48.4 Å². The van der Waals surface area contributed by atoms with Crippen LogP contribution >= 0.6 is 0 Å². The lowest BCUT2D eigenvalue weighted by Gasteiger charge is -2.54. The molecule has 2 aliphatic heterocycles. The topological polar surface area (TPSA) is 50.8 Å². The first-order valence-electron chi connectivity index (χ1n) is 10.3. The number of benzene rings is 1. The summed E-state index contributed by atoms with van der Waals surface area (Å²) in [5.41, 5.74) is 0.916. The Kier molecular flexibility index (Phi) is 6.43. The molecule has 2 saturated heterocycles. The molecule has 0 saturated carbocycles. The first-order valence-corrected chi connectivity index (χ1v) is 10.3. The molecule has 5 heteroatoms. The Morgan fingerprint density at radius 1 is 1.30 bits per heavy atom. The molecule has 27 heavy (non-hydrogen) atoms. The van der Waals surface area contributed by atoms with Gasteiger partial charge in [0.1, 0.15) is 6.61 Å². The highest BCUT2D eigenvalue weighted by atomic mass is 16.6. The van der Waals surface area contributed by atoms with Gasteiger partial charge in [0.15, 0.2) is 0 Å². The highest BCUT2D eigenvalue weighted by molar-refractivity contribution is 5.68. The molecule has 2 aliphatic rings. The SMILES string of the molecule is CCCC[C@H]1NCC2CN(C(=O)OCc3ccccc3)[C@H](C(C)(C)C)C1O2. The van der Waals surface area contributed by atoms with Crippen molar-refractivity contribution in [3.05, 3.63) is 35.9 Å². The van der Waals surface area contributed by atoms with Crippen molar-refractivity contribution in [1.82, 2.24) is 10.2 Å². The first kappa shape index (κ1) is 20.2. The predicted molar refractivity (Wildman–Crippen MR) is 107 cm³/mol. The summed E-state index contributed by atoms with van der Waals surface area (Å²) in [6.45, 7) is 10.4. The molecule has 0 aromatic heterocycles. The maximum atomic E-state index is 13.0. The molecule has 1 amide bonds. The van der Waals surface area contributed by atoms with E-state index in [4.69, 9.17) is 9.47 Å². The molecule has 2 unspecified atom stereocenters. The van der Waals surface area contributed by atoms with Crippen LogP contribution in [0.4, 0.5) is 4.79 Å². The van der Waals surface area contributed by atoms with Crippen molar-refractivity contribution in [2.45, 2.75) is 77.9 Å². The minimum Gasteiger partial charge on any atom is -0.445 e. The second-order valence-corrected chi connectivity index (χ2v) is 8.88. The first-order chi connectivity index (χ1) is 12.9. The van der Waals surface area contributed by atoms with Crippen LogP contribution in [0.1, 0.15) is 52.5 Å². The number of ether oxygens (including phenoxy) is 2. The van der Waals surface area contributed by atoms with E-state index < -0.39 is 0 Å². The molecular formula is C22H34N2O3. The van der Waals surface area contributed by atoms with Crippen LogP contribution in [0, 0.1) is 5.41 Å². The number of morpholine rings is 2. The normalized spacial score (nSPS) is 28.1. The van der Waals surface area contributed by atoms with Crippen molar-refractivity contribution in [3.8, 4) is 0 Å². The molecule has 0 spiro atoms. The van der Waals surface area contributed by atoms with Gasteiger partial charge in [0.05, 0.1) is 24.8 Å². The van der Waals surface area contributed by atoms with E-state index in [0.717, 1.165) is 31.4 Å². The lowest BCUT2D eigenvalue weighted by atomic mass is 9.77. The molecule has 2 heterocycles. The van der Waals surface area contributed by atoms with Gasteiger partial charge in [0.25, 0.3) is 0 Å². The molecule has 0 radical (unpaired) electrons. The van der Waals surface area contributed by atoms with Gasteiger partial charge in [-0.25, -0.2) is 4.79 Å². The second kappa shape index (κ2) is 8.61. The van der Waals surface area contributed by atoms with Crippen molar-refractivity contribution in [1.29, 1.82) is 0 Å². The number of unbranched alkanes of at least 4 members (excludes halogenated alkanes) is 1. The van der Waals surface area contributed by atoms with Gasteiger partial charge < -0.3 is 14.8 Å². The van der Waals surface area contributed by atoms with E-state index in [1.165, 1.54) is 0 Å². The number of hydrogen-bond donors (Lipinski definition) is 1. The lowest BCUT2D eigenvalue weighted by molar-refractivity contribution is -0.169. The molecule has 1 aromatic carbocycles. The van der Waals surface area contributed by atoms with Crippen LogP contribution in [0.5, 0.6) is 0 Å². The van der Waals surface area contributed by atoms with Gasteiger partial charge >= 0.3 is 6.09 Å². The third-order valence-electron chi connectivity index (χ3n) is 5.60. The minimum atomic E-state index is -0.229. The van der Waals surface area contributed by atoms with Gasteiger partial charge in [-0.1, -0.05) is 70.9 Å². The fourth-order valence-corrected chi connectivity index (χ4v) is 4.32. The average molecular weight is 375 g/mol. The minimum absolute atomic E-state index is 0.00770. The van der Waals surface area contributed by atoms with Gasteiger partial charge in [-0.15, -0.1) is 0 Å². The van der Waals surface area contributed by atoms with E-state index >= 15 is 0 Å². The summed E-state index contributed by atoms with van der Waals surface area (Å²) >= 11 is 0. The average Bonchev–Trinajstić information content (AvgIpc) is 2.65. The number of amides is 1. The highest BCUT2D eigenvalue weighted by Gasteiger charge is 2.50. The standard InChI is InChI=1S/C22H34N2O3/c1-5-6-12-18-19-20(22(2,3)4)24(14-17(27-19)13-23-18)21(25)26-15-16-10-8-7-9-11-16/h7-11,17-20,23H,5-6,12-15H2,1-4H3/t17?,18-,19?,20+/m1/s1. The van der Waals surface area contributed by atoms with Crippen LogP contribution in [0.25, 0.3) is 0 Å². The number of fused-ring (bicyclic) bond motifs is 2. The fourth-order valence-electron chi connectivity index (χ4n) is 4.32. The molecule has 2 bridgehead atoms.